The minimum atomic E-state index is -0.966. The molecule has 3 amide bonds. The summed E-state index contributed by atoms with van der Waals surface area (Å²) in [5.41, 5.74) is 2.76. The highest BCUT2D eigenvalue weighted by Gasteiger charge is 2.43. The number of hydrogen-bond donors (Lipinski definition) is 1. The van der Waals surface area contributed by atoms with E-state index in [2.05, 4.69) is 10.3 Å². The number of benzene rings is 3. The average molecular weight is 721 g/mol. The average Bonchev–Trinajstić information content (AvgIpc) is 3.21. The number of rotatable bonds is 14. The number of anilines is 2. The molecule has 2 unspecified atom stereocenters. The van der Waals surface area contributed by atoms with Crippen molar-refractivity contribution >= 4 is 35.4 Å². The molecule has 2 heterocycles. The Morgan fingerprint density at radius 2 is 1.62 bits per heavy atom. The van der Waals surface area contributed by atoms with Gasteiger partial charge < -0.3 is 24.0 Å². The van der Waals surface area contributed by atoms with Gasteiger partial charge in [-0.15, -0.1) is 0 Å². The Hall–Kier alpha value is -5.71. The van der Waals surface area contributed by atoms with Crippen LogP contribution in [0.15, 0.2) is 97.2 Å². The minimum absolute atomic E-state index is 0.0597. The molecule has 0 fully saturated rings. The smallest absolute Gasteiger partial charge is 0.413 e. The van der Waals surface area contributed by atoms with E-state index >= 15 is 0 Å². The maximum absolute atomic E-state index is 14.7. The van der Waals surface area contributed by atoms with Gasteiger partial charge in [-0.1, -0.05) is 66.7 Å². The van der Waals surface area contributed by atoms with Crippen molar-refractivity contribution in [3.05, 3.63) is 119 Å². The number of unbranched alkanes of at least 4 members (excludes halogenated alkanes) is 1. The number of esters is 1. The van der Waals surface area contributed by atoms with E-state index in [1.165, 1.54) is 0 Å². The second kappa shape index (κ2) is 17.7. The highest BCUT2D eigenvalue weighted by atomic mass is 16.6. The third-order valence-corrected chi connectivity index (χ3v) is 8.64. The zero-order valence-electron chi connectivity index (χ0n) is 31.0. The van der Waals surface area contributed by atoms with Crippen LogP contribution in [0.4, 0.5) is 16.3 Å². The Kier molecular flexibility index (Phi) is 12.8. The van der Waals surface area contributed by atoms with Crippen molar-refractivity contribution in [1.82, 2.24) is 9.88 Å². The lowest BCUT2D eigenvalue weighted by molar-refractivity contribution is -0.144. The quantitative estimate of drug-likeness (QED) is 0.103. The van der Waals surface area contributed by atoms with Crippen molar-refractivity contribution in [1.29, 1.82) is 0 Å². The molecule has 3 aromatic carbocycles. The van der Waals surface area contributed by atoms with Crippen molar-refractivity contribution in [3.63, 3.8) is 0 Å². The molecule has 1 aliphatic rings. The van der Waals surface area contributed by atoms with Gasteiger partial charge in [-0.2, -0.15) is 0 Å². The number of carbonyl (C=O) groups is 4. The molecule has 1 aromatic heterocycles. The number of amides is 3. The van der Waals surface area contributed by atoms with Gasteiger partial charge >= 0.3 is 12.1 Å². The molecule has 0 saturated carbocycles. The molecular weight excluding hydrogens is 672 g/mol. The summed E-state index contributed by atoms with van der Waals surface area (Å²) in [7, 11) is 0. The number of nitrogens with one attached hydrogen (secondary N) is 1. The summed E-state index contributed by atoms with van der Waals surface area (Å²) in [6, 6.07) is 26.4. The first-order chi connectivity index (χ1) is 25.4. The summed E-state index contributed by atoms with van der Waals surface area (Å²) >= 11 is 0. The molecule has 278 valence electrons. The van der Waals surface area contributed by atoms with E-state index in [4.69, 9.17) is 14.2 Å². The van der Waals surface area contributed by atoms with Crippen LogP contribution in [0, 0.1) is 0 Å². The molecule has 0 aliphatic carbocycles. The zero-order chi connectivity index (χ0) is 38.0. The van der Waals surface area contributed by atoms with E-state index < -0.39 is 29.7 Å². The zero-order valence-corrected chi connectivity index (χ0v) is 31.0. The fourth-order valence-corrected chi connectivity index (χ4v) is 6.28. The minimum Gasteiger partial charge on any atom is -0.490 e. The Labute approximate surface area is 311 Å². The molecule has 0 saturated heterocycles. The Balaban J connectivity index is 1.38. The van der Waals surface area contributed by atoms with Crippen LogP contribution in [0.25, 0.3) is 0 Å². The lowest BCUT2D eigenvalue weighted by atomic mass is 10.00. The lowest BCUT2D eigenvalue weighted by Gasteiger charge is -2.35. The second-order valence-corrected chi connectivity index (χ2v) is 13.9. The lowest BCUT2D eigenvalue weighted by Crippen LogP contribution is -2.47. The van der Waals surface area contributed by atoms with Crippen LogP contribution in [-0.2, 0) is 32.0 Å². The van der Waals surface area contributed by atoms with Gasteiger partial charge in [0.25, 0.3) is 11.8 Å². The number of hydrogen-bond acceptors (Lipinski definition) is 8. The van der Waals surface area contributed by atoms with Gasteiger partial charge in [-0.05, 0) is 94.8 Å². The van der Waals surface area contributed by atoms with E-state index in [-0.39, 0.29) is 37.2 Å². The normalized spacial score (nSPS) is 14.9. The van der Waals surface area contributed by atoms with E-state index in [0.29, 0.717) is 42.0 Å². The van der Waals surface area contributed by atoms with Crippen LogP contribution >= 0.6 is 0 Å². The van der Waals surface area contributed by atoms with E-state index in [1.54, 1.807) is 62.7 Å². The number of carbonyl (C=O) groups excluding carboxylic acids is 4. The molecule has 1 N–H and O–H groups in total. The standard InChI is InChI=1S/C42H48N4O7/c1-6-51-36(47)26-29(2)46-37(32-19-11-8-12-20-32)40(49)45(28-31-17-9-7-10-18-31)34-23-22-30(27-33(34)39(46)48)16-13-14-25-52-35-21-15-24-43-38(35)44-41(50)53-42(3,4)5/h7-12,15,17-24,27,29,37H,6,13-14,16,25-26,28H2,1-5H3,(H,43,44,50). The van der Waals surface area contributed by atoms with E-state index in [9.17, 15) is 19.2 Å². The Morgan fingerprint density at radius 1 is 0.906 bits per heavy atom. The van der Waals surface area contributed by atoms with Crippen LogP contribution < -0.4 is 15.0 Å². The predicted molar refractivity (Wildman–Crippen MR) is 203 cm³/mol. The Morgan fingerprint density at radius 3 is 2.32 bits per heavy atom. The fraction of sp³-hybridized carbons (Fsp3) is 0.357. The maximum Gasteiger partial charge on any atom is 0.413 e. The number of nitrogens with zero attached hydrogens (tertiary/aromatic N) is 3. The molecule has 0 bridgehead atoms. The van der Waals surface area contributed by atoms with Gasteiger partial charge in [-0.3, -0.25) is 19.7 Å². The number of pyridine rings is 1. The number of fused-ring (bicyclic) bond motifs is 1. The molecule has 11 nitrogen and oxygen atoms in total. The van der Waals surface area contributed by atoms with Gasteiger partial charge in [0.15, 0.2) is 11.6 Å². The van der Waals surface area contributed by atoms with Gasteiger partial charge in [0, 0.05) is 12.2 Å². The maximum atomic E-state index is 14.7. The van der Waals surface area contributed by atoms with Crippen molar-refractivity contribution < 1.29 is 33.4 Å². The predicted octanol–water partition coefficient (Wildman–Crippen LogP) is 7.90. The molecule has 4 aromatic rings. The first kappa shape index (κ1) is 38.5. The summed E-state index contributed by atoms with van der Waals surface area (Å²) in [6.07, 6.45) is 2.96. The topological polar surface area (TPSA) is 127 Å². The molecular formula is C42H48N4O7. The molecule has 53 heavy (non-hydrogen) atoms. The third kappa shape index (κ3) is 10.2. The Bertz CT molecular complexity index is 1880. The second-order valence-electron chi connectivity index (χ2n) is 13.9. The van der Waals surface area contributed by atoms with E-state index in [0.717, 1.165) is 17.5 Å². The fourth-order valence-electron chi connectivity index (χ4n) is 6.28. The summed E-state index contributed by atoms with van der Waals surface area (Å²) in [4.78, 5) is 62.0. The molecule has 5 rings (SSSR count). The van der Waals surface area contributed by atoms with Crippen molar-refractivity contribution in [2.75, 3.05) is 23.4 Å². The molecule has 0 radical (unpaired) electrons. The first-order valence-electron chi connectivity index (χ1n) is 18.0. The van der Waals surface area contributed by atoms with Gasteiger partial charge in [0.1, 0.15) is 11.6 Å². The largest absolute Gasteiger partial charge is 0.490 e. The molecule has 0 spiro atoms. The number of aryl methyl sites for hydroxylation is 1. The third-order valence-electron chi connectivity index (χ3n) is 8.64. The van der Waals surface area contributed by atoms with Crippen molar-refractivity contribution in [2.45, 2.75) is 84.5 Å². The summed E-state index contributed by atoms with van der Waals surface area (Å²) < 4.78 is 16.6. The summed E-state index contributed by atoms with van der Waals surface area (Å²) in [6.45, 7) is 9.73. The first-order valence-corrected chi connectivity index (χ1v) is 18.0. The van der Waals surface area contributed by atoms with Gasteiger partial charge in [-0.25, -0.2) is 9.78 Å². The van der Waals surface area contributed by atoms with Crippen LogP contribution in [0.1, 0.15) is 87.0 Å². The SMILES string of the molecule is CCOC(=O)CC(C)N1C(=O)c2cc(CCCCOc3cccnc3NC(=O)OC(C)(C)C)ccc2N(Cc2ccccc2)C(=O)C1c1ccccc1. The summed E-state index contributed by atoms with van der Waals surface area (Å²) in [5, 5.41) is 2.65. The van der Waals surface area contributed by atoms with Crippen molar-refractivity contribution in [2.24, 2.45) is 0 Å². The highest BCUT2D eigenvalue weighted by Crippen LogP contribution is 2.38. The summed E-state index contributed by atoms with van der Waals surface area (Å²) in [5.74, 6) is -0.323. The molecule has 11 heteroatoms. The van der Waals surface area contributed by atoms with Crippen molar-refractivity contribution in [3.8, 4) is 5.75 Å². The van der Waals surface area contributed by atoms with Crippen LogP contribution in [-0.4, -0.2) is 58.6 Å². The van der Waals surface area contributed by atoms with Gasteiger partial charge in [0.05, 0.1) is 37.4 Å². The van der Waals surface area contributed by atoms with Crippen LogP contribution in [0.2, 0.25) is 0 Å². The number of aromatic nitrogens is 1. The highest BCUT2D eigenvalue weighted by molar-refractivity contribution is 6.11. The van der Waals surface area contributed by atoms with Crippen LogP contribution in [0.3, 0.4) is 0 Å². The number of ether oxygens (including phenoxy) is 3. The monoisotopic (exact) mass is 720 g/mol. The van der Waals surface area contributed by atoms with Crippen LogP contribution in [0.5, 0.6) is 5.75 Å². The van der Waals surface area contributed by atoms with E-state index in [1.807, 2.05) is 78.9 Å². The van der Waals surface area contributed by atoms with Gasteiger partial charge in [0.2, 0.25) is 0 Å². The molecule has 2 atom stereocenters. The molecule has 1 aliphatic heterocycles.